The first-order valence-electron chi connectivity index (χ1n) is 9.68. The van der Waals surface area contributed by atoms with Gasteiger partial charge in [0.2, 0.25) is 5.91 Å². The summed E-state index contributed by atoms with van der Waals surface area (Å²) in [4.78, 5) is 28.4. The molecule has 6 nitrogen and oxygen atoms in total. The normalized spacial score (nSPS) is 19.5. The molecule has 0 bridgehead atoms. The van der Waals surface area contributed by atoms with E-state index in [4.69, 9.17) is 4.74 Å². The number of benzene rings is 1. The van der Waals surface area contributed by atoms with E-state index >= 15 is 0 Å². The number of hydrogen-bond donors (Lipinski definition) is 1. The summed E-state index contributed by atoms with van der Waals surface area (Å²) in [6, 6.07) is 7.05. The summed E-state index contributed by atoms with van der Waals surface area (Å²) in [5, 5.41) is 10.4. The van der Waals surface area contributed by atoms with Gasteiger partial charge in [0.25, 0.3) is 0 Å². The van der Waals surface area contributed by atoms with Crippen LogP contribution in [0.2, 0.25) is 0 Å². The van der Waals surface area contributed by atoms with Crippen molar-refractivity contribution >= 4 is 27.9 Å². The summed E-state index contributed by atoms with van der Waals surface area (Å²) in [6.45, 7) is 8.91. The van der Waals surface area contributed by atoms with E-state index in [2.05, 4.69) is 15.9 Å². The molecule has 1 aliphatic carbocycles. The van der Waals surface area contributed by atoms with Crippen LogP contribution in [0.1, 0.15) is 52.1 Å². The minimum absolute atomic E-state index is 0.0129. The highest BCUT2D eigenvalue weighted by Gasteiger charge is 2.56. The molecule has 2 aliphatic rings. The third-order valence-corrected chi connectivity index (χ3v) is 6.12. The highest BCUT2D eigenvalue weighted by molar-refractivity contribution is 9.09. The van der Waals surface area contributed by atoms with Crippen molar-refractivity contribution in [2.45, 2.75) is 58.2 Å². The predicted octanol–water partition coefficient (Wildman–Crippen LogP) is 4.08. The van der Waals surface area contributed by atoms with Gasteiger partial charge in [-0.2, -0.15) is 0 Å². The third-order valence-electron chi connectivity index (χ3n) is 5.64. The van der Waals surface area contributed by atoms with E-state index in [0.717, 1.165) is 18.4 Å². The number of ether oxygens (including phenoxy) is 1. The number of likely N-dealkylation sites (tertiary alicyclic amines) is 1. The average molecular weight is 453 g/mol. The second kappa shape index (κ2) is 7.58. The minimum atomic E-state index is -0.492. The van der Waals surface area contributed by atoms with Gasteiger partial charge in [-0.3, -0.25) is 4.79 Å². The minimum Gasteiger partial charge on any atom is -0.508 e. The molecule has 1 N–H and O–H groups in total. The maximum absolute atomic E-state index is 12.6. The molecule has 0 radical (unpaired) electrons. The van der Waals surface area contributed by atoms with E-state index in [1.807, 2.05) is 44.7 Å². The fraction of sp³-hybridized carbons (Fsp3) is 0.619. The molecule has 2 fully saturated rings. The Kier molecular flexibility index (Phi) is 5.67. The fourth-order valence-corrected chi connectivity index (χ4v) is 4.70. The van der Waals surface area contributed by atoms with E-state index in [-0.39, 0.29) is 40.6 Å². The number of halogens is 1. The van der Waals surface area contributed by atoms with Crippen LogP contribution in [-0.4, -0.2) is 57.0 Å². The molecule has 1 aromatic rings. The standard InChI is InChI=1S/C21H29BrN2O4/c1-14(16-7-5-6-8-17(16)25)24(18(26)11-22)15-9-21(10-15)12-23(13-21)19(27)28-20(2,3)4/h5-8,14-15,25H,9-13H2,1-4H3. The maximum atomic E-state index is 12.6. The fourth-order valence-electron chi connectivity index (χ4n) is 4.41. The Labute approximate surface area is 175 Å². The highest BCUT2D eigenvalue weighted by atomic mass is 79.9. The van der Waals surface area contributed by atoms with Crippen molar-refractivity contribution in [3.63, 3.8) is 0 Å². The van der Waals surface area contributed by atoms with Crippen LogP contribution in [0.4, 0.5) is 4.79 Å². The Morgan fingerprint density at radius 1 is 1.32 bits per heavy atom. The second-order valence-electron chi connectivity index (χ2n) is 9.07. The molecule has 7 heteroatoms. The smallest absolute Gasteiger partial charge is 0.410 e. The van der Waals surface area contributed by atoms with Crippen LogP contribution < -0.4 is 0 Å². The molecule has 1 aliphatic heterocycles. The highest BCUT2D eigenvalue weighted by Crippen LogP contribution is 2.52. The number of nitrogens with zero attached hydrogens (tertiary/aromatic N) is 2. The lowest BCUT2D eigenvalue weighted by molar-refractivity contribution is -0.149. The van der Waals surface area contributed by atoms with Gasteiger partial charge in [-0.25, -0.2) is 4.79 Å². The molecule has 2 amide bonds. The molecule has 1 heterocycles. The van der Waals surface area contributed by atoms with Gasteiger partial charge in [-0.05, 0) is 46.6 Å². The van der Waals surface area contributed by atoms with Crippen molar-refractivity contribution in [1.29, 1.82) is 0 Å². The van der Waals surface area contributed by atoms with Crippen LogP contribution in [0.25, 0.3) is 0 Å². The summed E-state index contributed by atoms with van der Waals surface area (Å²) in [6.07, 6.45) is 1.46. The van der Waals surface area contributed by atoms with Gasteiger partial charge in [0.1, 0.15) is 11.4 Å². The molecule has 1 atom stereocenters. The second-order valence-corrected chi connectivity index (χ2v) is 9.63. The van der Waals surface area contributed by atoms with E-state index in [1.165, 1.54) is 0 Å². The average Bonchev–Trinajstić information content (AvgIpc) is 2.53. The molecule has 3 rings (SSSR count). The van der Waals surface area contributed by atoms with E-state index in [1.54, 1.807) is 17.0 Å². The van der Waals surface area contributed by atoms with Gasteiger partial charge < -0.3 is 19.6 Å². The first kappa shape index (κ1) is 21.0. The lowest BCUT2D eigenvalue weighted by atomic mass is 9.60. The van der Waals surface area contributed by atoms with Crippen molar-refractivity contribution < 1.29 is 19.4 Å². The summed E-state index contributed by atoms with van der Waals surface area (Å²) >= 11 is 3.29. The number of hydrogen-bond acceptors (Lipinski definition) is 4. The van der Waals surface area contributed by atoms with Gasteiger partial charge >= 0.3 is 6.09 Å². The first-order valence-corrected chi connectivity index (χ1v) is 10.8. The summed E-state index contributed by atoms with van der Waals surface area (Å²) < 4.78 is 5.43. The number of amides is 2. The van der Waals surface area contributed by atoms with Crippen LogP contribution >= 0.6 is 15.9 Å². The van der Waals surface area contributed by atoms with Crippen molar-refractivity contribution in [3.05, 3.63) is 29.8 Å². The summed E-state index contributed by atoms with van der Waals surface area (Å²) in [7, 11) is 0. The Bertz CT molecular complexity index is 747. The van der Waals surface area contributed by atoms with E-state index < -0.39 is 5.60 Å². The van der Waals surface area contributed by atoms with Gasteiger partial charge in [0.05, 0.1) is 11.4 Å². The zero-order valence-corrected chi connectivity index (χ0v) is 18.5. The number of phenolic OH excluding ortho intramolecular Hbond substituents is 1. The Morgan fingerprint density at radius 3 is 2.46 bits per heavy atom. The number of rotatable bonds is 4. The zero-order chi connectivity index (χ0) is 20.7. The van der Waals surface area contributed by atoms with Crippen LogP contribution in [0.3, 0.4) is 0 Å². The quantitative estimate of drug-likeness (QED) is 0.698. The van der Waals surface area contributed by atoms with Crippen molar-refractivity contribution in [3.8, 4) is 5.75 Å². The number of alkyl halides is 1. The first-order chi connectivity index (χ1) is 13.1. The Hall–Kier alpha value is -1.76. The molecule has 1 saturated heterocycles. The van der Waals surface area contributed by atoms with Gasteiger partial charge in [0, 0.05) is 30.1 Å². The van der Waals surface area contributed by atoms with Crippen LogP contribution in [0, 0.1) is 5.41 Å². The van der Waals surface area contributed by atoms with Crippen molar-refractivity contribution in [2.75, 3.05) is 18.4 Å². The predicted molar refractivity (Wildman–Crippen MR) is 110 cm³/mol. The molecule has 0 aromatic heterocycles. The largest absolute Gasteiger partial charge is 0.508 e. The van der Waals surface area contributed by atoms with E-state index in [0.29, 0.717) is 13.1 Å². The third kappa shape index (κ3) is 4.14. The summed E-state index contributed by atoms with van der Waals surface area (Å²) in [5.41, 5.74) is 0.348. The lowest BCUT2D eigenvalue weighted by Gasteiger charge is -2.61. The number of aromatic hydroxyl groups is 1. The molecule has 1 unspecified atom stereocenters. The monoisotopic (exact) mass is 452 g/mol. The molecular weight excluding hydrogens is 424 g/mol. The van der Waals surface area contributed by atoms with Crippen LogP contribution in [0.15, 0.2) is 24.3 Å². The van der Waals surface area contributed by atoms with Gasteiger partial charge in [-0.15, -0.1) is 0 Å². The molecule has 1 spiro atoms. The van der Waals surface area contributed by atoms with Crippen molar-refractivity contribution in [2.24, 2.45) is 5.41 Å². The van der Waals surface area contributed by atoms with Gasteiger partial charge in [0.15, 0.2) is 0 Å². The van der Waals surface area contributed by atoms with Crippen LogP contribution in [-0.2, 0) is 9.53 Å². The molecular formula is C21H29BrN2O4. The topological polar surface area (TPSA) is 70.1 Å². The SMILES string of the molecule is CC(c1ccccc1O)N(C(=O)CBr)C1CC2(C1)CN(C(=O)OC(C)(C)C)C2. The molecule has 28 heavy (non-hydrogen) atoms. The van der Waals surface area contributed by atoms with E-state index in [9.17, 15) is 14.7 Å². The summed E-state index contributed by atoms with van der Waals surface area (Å²) in [5.74, 6) is 0.218. The maximum Gasteiger partial charge on any atom is 0.410 e. The van der Waals surface area contributed by atoms with Gasteiger partial charge in [-0.1, -0.05) is 34.1 Å². The number of carbonyl (C=O) groups is 2. The number of carbonyl (C=O) groups excluding carboxylic acids is 2. The molecule has 154 valence electrons. The molecule has 1 saturated carbocycles. The van der Waals surface area contributed by atoms with Crippen LogP contribution in [0.5, 0.6) is 5.75 Å². The molecule has 1 aromatic carbocycles. The Balaban J connectivity index is 1.63. The number of para-hydroxylation sites is 1. The number of phenols is 1. The Morgan fingerprint density at radius 2 is 1.93 bits per heavy atom. The lowest BCUT2D eigenvalue weighted by Crippen LogP contribution is -2.68. The van der Waals surface area contributed by atoms with Crippen molar-refractivity contribution in [1.82, 2.24) is 9.80 Å². The zero-order valence-electron chi connectivity index (χ0n) is 16.9.